The van der Waals surface area contributed by atoms with Gasteiger partial charge < -0.3 is 13.7 Å². The number of benzene rings is 4. The van der Waals surface area contributed by atoms with Crippen LogP contribution in [0.15, 0.2) is 88.1 Å². The lowest BCUT2D eigenvalue weighted by atomic mass is 9.78. The van der Waals surface area contributed by atoms with Gasteiger partial charge >= 0.3 is 7.12 Å². The molecule has 6 aromatic rings. The molecule has 3 heterocycles. The summed E-state index contributed by atoms with van der Waals surface area (Å²) >= 11 is 1.78. The van der Waals surface area contributed by atoms with Gasteiger partial charge in [0.25, 0.3) is 0 Å². The van der Waals surface area contributed by atoms with Gasteiger partial charge in [0.1, 0.15) is 11.2 Å². The average molecular weight is 504 g/mol. The van der Waals surface area contributed by atoms with Crippen molar-refractivity contribution in [3.05, 3.63) is 89.1 Å². The predicted octanol–water partition coefficient (Wildman–Crippen LogP) is 7.28. The molecule has 2 aromatic heterocycles. The highest BCUT2D eigenvalue weighted by Crippen LogP contribution is 2.39. The fourth-order valence-corrected chi connectivity index (χ4v) is 6.15. The summed E-state index contributed by atoms with van der Waals surface area (Å²) in [4.78, 5) is 13.2. The normalized spacial score (nSPS) is 16.9. The highest BCUT2D eigenvalue weighted by molar-refractivity contribution is 7.25. The zero-order valence-electron chi connectivity index (χ0n) is 21.1. The Morgan fingerprint density at radius 3 is 2.00 bits per heavy atom. The molecule has 6 heteroatoms. The molecule has 0 N–H and O–H groups in total. The predicted molar refractivity (Wildman–Crippen MR) is 154 cm³/mol. The van der Waals surface area contributed by atoms with E-state index >= 15 is 0 Å². The molecule has 0 bridgehead atoms. The maximum Gasteiger partial charge on any atom is 0.494 e. The van der Waals surface area contributed by atoms with Gasteiger partial charge in [0.05, 0.1) is 22.0 Å². The molecule has 1 aliphatic heterocycles. The molecule has 1 aliphatic rings. The van der Waals surface area contributed by atoms with Crippen LogP contribution in [0, 0.1) is 0 Å². The second-order valence-corrected chi connectivity index (χ2v) is 11.9. The first-order chi connectivity index (χ1) is 17.7. The minimum absolute atomic E-state index is 0.00665. The standard InChI is InChI=1S/C31H25BO4S/c1-30(2)31(3,4)36-32(35-30)20-11-14-28-23(17-20)22-15-19(10-13-27(22)37-28)18-9-12-26-24(16-18)29(33)21-7-5-6-8-25(21)34-26/h5-17H,1-4H3. The summed E-state index contributed by atoms with van der Waals surface area (Å²) in [7, 11) is -0.401. The molecule has 1 saturated heterocycles. The molecule has 0 amide bonds. The van der Waals surface area contributed by atoms with Gasteiger partial charge in [-0.15, -0.1) is 11.3 Å². The van der Waals surface area contributed by atoms with Crippen molar-refractivity contribution < 1.29 is 13.7 Å². The first kappa shape index (κ1) is 22.7. The lowest BCUT2D eigenvalue weighted by Gasteiger charge is -2.32. The number of fused-ring (bicyclic) bond motifs is 5. The molecule has 4 nitrogen and oxygen atoms in total. The van der Waals surface area contributed by atoms with Crippen LogP contribution < -0.4 is 10.9 Å². The highest BCUT2D eigenvalue weighted by atomic mass is 32.1. The van der Waals surface area contributed by atoms with E-state index in [2.05, 4.69) is 64.1 Å². The Kier molecular flexibility index (Phi) is 4.78. The van der Waals surface area contributed by atoms with Gasteiger partial charge in [0.2, 0.25) is 5.43 Å². The lowest BCUT2D eigenvalue weighted by Crippen LogP contribution is -2.41. The summed E-state index contributed by atoms with van der Waals surface area (Å²) in [5.41, 5.74) is 3.49. The van der Waals surface area contributed by atoms with Gasteiger partial charge in [-0.05, 0) is 92.1 Å². The van der Waals surface area contributed by atoms with E-state index in [0.29, 0.717) is 21.9 Å². The summed E-state index contributed by atoms with van der Waals surface area (Å²) in [5.74, 6) is 0. The quantitative estimate of drug-likeness (QED) is 0.184. The Morgan fingerprint density at radius 2 is 1.24 bits per heavy atom. The Hall–Kier alpha value is -3.45. The van der Waals surface area contributed by atoms with E-state index in [1.807, 2.05) is 42.5 Å². The van der Waals surface area contributed by atoms with E-state index in [1.165, 1.54) is 20.2 Å². The van der Waals surface area contributed by atoms with Crippen LogP contribution in [0.2, 0.25) is 0 Å². The second kappa shape index (κ2) is 7.78. The molecule has 0 radical (unpaired) electrons. The number of para-hydroxylation sites is 1. The van der Waals surface area contributed by atoms with Crippen LogP contribution in [0.3, 0.4) is 0 Å². The van der Waals surface area contributed by atoms with Crippen molar-refractivity contribution in [1.82, 2.24) is 0 Å². The topological polar surface area (TPSA) is 48.7 Å². The van der Waals surface area contributed by atoms with Crippen molar-refractivity contribution in [2.45, 2.75) is 38.9 Å². The molecule has 182 valence electrons. The Morgan fingerprint density at radius 1 is 0.649 bits per heavy atom. The van der Waals surface area contributed by atoms with E-state index in [1.54, 1.807) is 11.3 Å². The van der Waals surface area contributed by atoms with E-state index < -0.39 is 7.12 Å². The van der Waals surface area contributed by atoms with Crippen LogP contribution >= 0.6 is 11.3 Å². The van der Waals surface area contributed by atoms with Crippen molar-refractivity contribution in [2.24, 2.45) is 0 Å². The monoisotopic (exact) mass is 504 g/mol. The minimum Gasteiger partial charge on any atom is -0.456 e. The Balaban J connectivity index is 1.35. The molecule has 37 heavy (non-hydrogen) atoms. The van der Waals surface area contributed by atoms with Crippen LogP contribution in [0.4, 0.5) is 0 Å². The summed E-state index contributed by atoms with van der Waals surface area (Å²) < 4.78 is 21.1. The zero-order valence-corrected chi connectivity index (χ0v) is 21.9. The molecule has 1 fully saturated rings. The van der Waals surface area contributed by atoms with E-state index in [-0.39, 0.29) is 16.6 Å². The third-order valence-electron chi connectivity index (χ3n) is 7.93. The number of thiophene rings is 1. The highest BCUT2D eigenvalue weighted by Gasteiger charge is 2.51. The Labute approximate surface area is 218 Å². The Bertz CT molecular complexity index is 1920. The smallest absolute Gasteiger partial charge is 0.456 e. The van der Waals surface area contributed by atoms with Gasteiger partial charge in [-0.1, -0.05) is 36.4 Å². The first-order valence-electron chi connectivity index (χ1n) is 12.5. The zero-order chi connectivity index (χ0) is 25.5. The van der Waals surface area contributed by atoms with Crippen LogP contribution in [0.5, 0.6) is 0 Å². The molecule has 7 rings (SSSR count). The van der Waals surface area contributed by atoms with Gasteiger partial charge in [-0.25, -0.2) is 0 Å². The lowest BCUT2D eigenvalue weighted by molar-refractivity contribution is 0.00578. The molecule has 0 unspecified atom stereocenters. The summed E-state index contributed by atoms with van der Waals surface area (Å²) in [6, 6.07) is 26.2. The van der Waals surface area contributed by atoms with Gasteiger partial charge in [-0.3, -0.25) is 4.79 Å². The average Bonchev–Trinajstić information content (AvgIpc) is 3.35. The molecule has 0 saturated carbocycles. The van der Waals surface area contributed by atoms with Crippen molar-refractivity contribution in [1.29, 1.82) is 0 Å². The van der Waals surface area contributed by atoms with Crippen LogP contribution in [0.1, 0.15) is 27.7 Å². The number of hydrogen-bond acceptors (Lipinski definition) is 5. The third-order valence-corrected chi connectivity index (χ3v) is 9.08. The van der Waals surface area contributed by atoms with Crippen molar-refractivity contribution in [3.63, 3.8) is 0 Å². The van der Waals surface area contributed by atoms with Crippen molar-refractivity contribution >= 4 is 66.0 Å². The van der Waals surface area contributed by atoms with Gasteiger partial charge in [0, 0.05) is 14.8 Å². The van der Waals surface area contributed by atoms with E-state index in [9.17, 15) is 4.79 Å². The molecule has 0 atom stereocenters. The maximum atomic E-state index is 13.2. The summed E-state index contributed by atoms with van der Waals surface area (Å²) in [5, 5.41) is 3.55. The van der Waals surface area contributed by atoms with Gasteiger partial charge in [0.15, 0.2) is 0 Å². The summed E-state index contributed by atoms with van der Waals surface area (Å²) in [6.07, 6.45) is 0. The van der Waals surface area contributed by atoms with Crippen LogP contribution in [-0.2, 0) is 9.31 Å². The van der Waals surface area contributed by atoms with E-state index in [0.717, 1.165) is 16.6 Å². The SMILES string of the molecule is CC1(C)OB(c2ccc3sc4ccc(-c5ccc6oc7ccccc7c(=O)c6c5)cc4c3c2)OC1(C)C. The minimum atomic E-state index is -0.401. The van der Waals surface area contributed by atoms with Crippen molar-refractivity contribution in [3.8, 4) is 11.1 Å². The molecular weight excluding hydrogens is 479 g/mol. The number of rotatable bonds is 2. The summed E-state index contributed by atoms with van der Waals surface area (Å²) in [6.45, 7) is 8.30. The number of hydrogen-bond donors (Lipinski definition) is 0. The molecule has 0 spiro atoms. The third kappa shape index (κ3) is 3.47. The van der Waals surface area contributed by atoms with Gasteiger partial charge in [-0.2, -0.15) is 0 Å². The largest absolute Gasteiger partial charge is 0.494 e. The fraction of sp³-hybridized carbons (Fsp3) is 0.194. The maximum absolute atomic E-state index is 13.2. The first-order valence-corrected chi connectivity index (χ1v) is 13.3. The molecular formula is C31H25BO4S. The van der Waals surface area contributed by atoms with E-state index in [4.69, 9.17) is 13.7 Å². The fourth-order valence-electron chi connectivity index (χ4n) is 5.08. The van der Waals surface area contributed by atoms with Crippen molar-refractivity contribution in [2.75, 3.05) is 0 Å². The van der Waals surface area contributed by atoms with Crippen LogP contribution in [-0.4, -0.2) is 18.3 Å². The molecule has 4 aromatic carbocycles. The second-order valence-electron chi connectivity index (χ2n) is 10.8. The van der Waals surface area contributed by atoms with Crippen LogP contribution in [0.25, 0.3) is 53.2 Å². The molecule has 0 aliphatic carbocycles.